The van der Waals surface area contributed by atoms with Crippen molar-refractivity contribution in [1.82, 2.24) is 9.88 Å². The van der Waals surface area contributed by atoms with E-state index in [1.807, 2.05) is 11.8 Å². The summed E-state index contributed by atoms with van der Waals surface area (Å²) < 4.78 is 2.35. The Bertz CT molecular complexity index is 344. The molecule has 0 aromatic carbocycles. The zero-order valence-electron chi connectivity index (χ0n) is 11.7. The van der Waals surface area contributed by atoms with Crippen molar-refractivity contribution in [2.24, 2.45) is 5.92 Å². The third-order valence-electron chi connectivity index (χ3n) is 3.54. The number of thioether (sulfide) groups is 1. The molecule has 1 atom stereocenters. The van der Waals surface area contributed by atoms with E-state index in [0.29, 0.717) is 6.04 Å². The van der Waals surface area contributed by atoms with Crippen molar-refractivity contribution in [2.45, 2.75) is 45.7 Å². The van der Waals surface area contributed by atoms with Crippen molar-refractivity contribution < 1.29 is 0 Å². The predicted molar refractivity (Wildman–Crippen MR) is 81.2 cm³/mol. The molecule has 2 nitrogen and oxygen atoms in total. The van der Waals surface area contributed by atoms with Crippen LogP contribution in [0.15, 0.2) is 18.5 Å². The zero-order chi connectivity index (χ0) is 12.8. The van der Waals surface area contributed by atoms with Gasteiger partial charge in [0.1, 0.15) is 0 Å². The highest BCUT2D eigenvalue weighted by molar-refractivity contribution is 7.99. The Morgan fingerprint density at radius 1 is 1.44 bits per heavy atom. The Morgan fingerprint density at radius 3 is 2.94 bits per heavy atom. The predicted octanol–water partition coefficient (Wildman–Crippen LogP) is 3.69. The molecule has 0 amide bonds. The largest absolute Gasteiger partial charge is 0.353 e. The molecule has 1 aliphatic carbocycles. The van der Waals surface area contributed by atoms with E-state index in [4.69, 9.17) is 0 Å². The number of hydrogen-bond acceptors (Lipinski definition) is 2. The summed E-state index contributed by atoms with van der Waals surface area (Å²) in [7, 11) is 0. The molecule has 0 aliphatic heterocycles. The topological polar surface area (TPSA) is 17.0 Å². The normalized spacial score (nSPS) is 17.0. The van der Waals surface area contributed by atoms with Crippen LogP contribution in [-0.2, 0) is 6.54 Å². The minimum absolute atomic E-state index is 0.602. The molecule has 1 saturated carbocycles. The number of nitrogens with zero attached hydrogens (tertiary/aromatic N) is 1. The molecule has 1 fully saturated rings. The lowest BCUT2D eigenvalue weighted by Crippen LogP contribution is -2.23. The van der Waals surface area contributed by atoms with Crippen LogP contribution in [0.2, 0.25) is 0 Å². The molecule has 18 heavy (non-hydrogen) atoms. The number of nitrogens with one attached hydrogen (secondary N) is 1. The third kappa shape index (κ3) is 4.06. The fourth-order valence-electron chi connectivity index (χ4n) is 2.38. The van der Waals surface area contributed by atoms with Crippen LogP contribution in [0.25, 0.3) is 0 Å². The Labute approximate surface area is 116 Å². The Hall–Kier alpha value is -0.410. The van der Waals surface area contributed by atoms with Gasteiger partial charge in [-0.05, 0) is 49.1 Å². The zero-order valence-corrected chi connectivity index (χ0v) is 12.5. The number of aromatic nitrogens is 1. The van der Waals surface area contributed by atoms with E-state index in [0.717, 1.165) is 19.0 Å². The Balaban J connectivity index is 1.89. The molecule has 1 heterocycles. The summed E-state index contributed by atoms with van der Waals surface area (Å²) in [6.07, 6.45) is 8.62. The van der Waals surface area contributed by atoms with Crippen LogP contribution in [-0.4, -0.2) is 22.6 Å². The minimum Gasteiger partial charge on any atom is -0.353 e. The van der Waals surface area contributed by atoms with Gasteiger partial charge in [-0.25, -0.2) is 0 Å². The molecule has 1 aliphatic rings. The number of aryl methyl sites for hydroxylation is 1. The lowest BCUT2D eigenvalue weighted by molar-refractivity contribution is 0.480. The summed E-state index contributed by atoms with van der Waals surface area (Å²) in [5.41, 5.74) is 1.49. The number of hydrogen-bond donors (Lipinski definition) is 1. The van der Waals surface area contributed by atoms with Gasteiger partial charge >= 0.3 is 0 Å². The van der Waals surface area contributed by atoms with E-state index in [2.05, 4.69) is 42.2 Å². The maximum Gasteiger partial charge on any atom is 0.0363 e. The average Bonchev–Trinajstić information content (AvgIpc) is 3.10. The maximum absolute atomic E-state index is 3.71. The van der Waals surface area contributed by atoms with E-state index in [1.54, 1.807) is 0 Å². The van der Waals surface area contributed by atoms with Gasteiger partial charge < -0.3 is 9.88 Å². The molecule has 3 heteroatoms. The van der Waals surface area contributed by atoms with Crippen LogP contribution in [0.3, 0.4) is 0 Å². The van der Waals surface area contributed by atoms with Gasteiger partial charge in [0.05, 0.1) is 0 Å². The first kappa shape index (κ1) is 14.0. The van der Waals surface area contributed by atoms with Crippen LogP contribution < -0.4 is 5.32 Å². The van der Waals surface area contributed by atoms with Crippen molar-refractivity contribution in [1.29, 1.82) is 0 Å². The van der Waals surface area contributed by atoms with Gasteiger partial charge in [-0.3, -0.25) is 0 Å². The van der Waals surface area contributed by atoms with Crippen molar-refractivity contribution in [2.75, 3.05) is 18.1 Å². The van der Waals surface area contributed by atoms with E-state index in [9.17, 15) is 0 Å². The number of rotatable bonds is 9. The molecule has 1 aromatic rings. The molecule has 0 bridgehead atoms. The van der Waals surface area contributed by atoms with E-state index < -0.39 is 0 Å². The van der Waals surface area contributed by atoms with Gasteiger partial charge in [0, 0.05) is 30.7 Å². The molecule has 1 aromatic heterocycles. The summed E-state index contributed by atoms with van der Waals surface area (Å²) in [5, 5.41) is 3.71. The van der Waals surface area contributed by atoms with Crippen LogP contribution >= 0.6 is 11.8 Å². The van der Waals surface area contributed by atoms with Gasteiger partial charge in [-0.1, -0.05) is 13.8 Å². The highest BCUT2D eigenvalue weighted by Crippen LogP contribution is 2.41. The first-order valence-electron chi connectivity index (χ1n) is 7.32. The fraction of sp³-hybridized carbons (Fsp3) is 0.733. The maximum atomic E-state index is 3.71. The van der Waals surface area contributed by atoms with Crippen molar-refractivity contribution in [3.05, 3.63) is 24.0 Å². The first-order chi connectivity index (χ1) is 8.85. The quantitative estimate of drug-likeness (QED) is 0.687. The average molecular weight is 266 g/mol. The first-order valence-corrected chi connectivity index (χ1v) is 8.47. The highest BCUT2D eigenvalue weighted by atomic mass is 32.2. The summed E-state index contributed by atoms with van der Waals surface area (Å²) in [6, 6.07) is 2.91. The molecule has 102 valence electrons. The van der Waals surface area contributed by atoms with Crippen molar-refractivity contribution in [3.8, 4) is 0 Å². The summed E-state index contributed by atoms with van der Waals surface area (Å²) in [4.78, 5) is 0. The molecule has 0 saturated heterocycles. The SMILES string of the molecule is CCCNC(c1ccn(CCSCC)c1)C1CC1. The molecule has 1 unspecified atom stereocenters. The van der Waals surface area contributed by atoms with Gasteiger partial charge in [0.2, 0.25) is 0 Å². The molecule has 0 radical (unpaired) electrons. The summed E-state index contributed by atoms with van der Waals surface area (Å²) in [6.45, 7) is 6.75. The Kier molecular flexibility index (Phi) is 5.64. The van der Waals surface area contributed by atoms with Gasteiger partial charge in [0.15, 0.2) is 0 Å². The Morgan fingerprint density at radius 2 is 2.28 bits per heavy atom. The molecular weight excluding hydrogens is 240 g/mol. The monoisotopic (exact) mass is 266 g/mol. The van der Waals surface area contributed by atoms with E-state index in [-0.39, 0.29) is 0 Å². The van der Waals surface area contributed by atoms with E-state index in [1.165, 1.54) is 36.3 Å². The standard InChI is InChI=1S/C15H26N2S/c1-3-8-16-15(13-5-6-13)14-7-9-17(12-14)10-11-18-4-2/h7,9,12-13,15-16H,3-6,8,10-11H2,1-2H3. The molecule has 0 spiro atoms. The second-order valence-corrected chi connectivity index (χ2v) is 6.54. The van der Waals surface area contributed by atoms with Gasteiger partial charge in [-0.2, -0.15) is 11.8 Å². The van der Waals surface area contributed by atoms with Crippen LogP contribution in [0.5, 0.6) is 0 Å². The van der Waals surface area contributed by atoms with Crippen LogP contribution in [0.1, 0.15) is 44.7 Å². The lowest BCUT2D eigenvalue weighted by atomic mass is 10.1. The smallest absolute Gasteiger partial charge is 0.0363 e. The third-order valence-corrected chi connectivity index (χ3v) is 4.42. The molecule has 1 N–H and O–H groups in total. The van der Waals surface area contributed by atoms with Crippen molar-refractivity contribution in [3.63, 3.8) is 0 Å². The van der Waals surface area contributed by atoms with Gasteiger partial charge in [0.25, 0.3) is 0 Å². The second kappa shape index (κ2) is 7.25. The fourth-order valence-corrected chi connectivity index (χ4v) is 3.01. The van der Waals surface area contributed by atoms with Crippen LogP contribution in [0.4, 0.5) is 0 Å². The van der Waals surface area contributed by atoms with E-state index >= 15 is 0 Å². The molecule has 2 rings (SSSR count). The summed E-state index contributed by atoms with van der Waals surface area (Å²) >= 11 is 2.02. The minimum atomic E-state index is 0.602. The molecular formula is C15H26N2S. The van der Waals surface area contributed by atoms with Crippen LogP contribution in [0, 0.1) is 5.92 Å². The second-order valence-electron chi connectivity index (χ2n) is 5.15. The van der Waals surface area contributed by atoms with Gasteiger partial charge in [-0.15, -0.1) is 0 Å². The van der Waals surface area contributed by atoms with Crippen molar-refractivity contribution >= 4 is 11.8 Å². The summed E-state index contributed by atoms with van der Waals surface area (Å²) in [5.74, 6) is 3.33. The highest BCUT2D eigenvalue weighted by Gasteiger charge is 2.32. The lowest BCUT2D eigenvalue weighted by Gasteiger charge is -2.16.